The third-order valence-corrected chi connectivity index (χ3v) is 6.45. The molecule has 0 N–H and O–H groups in total. The van der Waals surface area contributed by atoms with Crippen LogP contribution in [-0.4, -0.2) is 52.7 Å². The molecule has 10 heteroatoms. The third-order valence-electron chi connectivity index (χ3n) is 4.42. The highest BCUT2D eigenvalue weighted by molar-refractivity contribution is 7.89. The van der Waals surface area contributed by atoms with Crippen molar-refractivity contribution in [3.8, 4) is 5.88 Å². The van der Waals surface area contributed by atoms with Crippen LogP contribution in [0.15, 0.2) is 35.6 Å². The highest BCUT2D eigenvalue weighted by Gasteiger charge is 2.31. The van der Waals surface area contributed by atoms with Crippen LogP contribution in [0.2, 0.25) is 5.02 Å². The van der Waals surface area contributed by atoms with Gasteiger partial charge < -0.3 is 4.74 Å². The van der Waals surface area contributed by atoms with E-state index >= 15 is 0 Å². The molecule has 0 bridgehead atoms. The zero-order valence-electron chi connectivity index (χ0n) is 15.4. The van der Waals surface area contributed by atoms with Crippen LogP contribution >= 0.6 is 11.6 Å². The summed E-state index contributed by atoms with van der Waals surface area (Å²) in [7, 11) is -3.75. The predicted octanol–water partition coefficient (Wildman–Crippen LogP) is 2.28. The Labute approximate surface area is 169 Å². The number of sulfonamides is 1. The van der Waals surface area contributed by atoms with Crippen molar-refractivity contribution in [2.24, 2.45) is 0 Å². The second-order valence-electron chi connectivity index (χ2n) is 6.42. The molecule has 3 heterocycles. The number of ketones is 1. The number of piperidine rings is 1. The summed E-state index contributed by atoms with van der Waals surface area (Å²) in [5, 5.41) is 0.443. The van der Waals surface area contributed by atoms with Crippen molar-refractivity contribution < 1.29 is 17.9 Å². The quantitative estimate of drug-likeness (QED) is 0.628. The van der Waals surface area contributed by atoms with Crippen molar-refractivity contribution >= 4 is 27.4 Å². The Kier molecular flexibility index (Phi) is 6.58. The van der Waals surface area contributed by atoms with Crippen LogP contribution in [0.5, 0.6) is 5.88 Å². The molecule has 1 fully saturated rings. The molecule has 0 spiro atoms. The Hall–Kier alpha value is -2.10. The van der Waals surface area contributed by atoms with Crippen LogP contribution in [0.25, 0.3) is 0 Å². The number of nitrogens with zero attached hydrogens (tertiary/aromatic N) is 4. The van der Waals surface area contributed by atoms with Crippen molar-refractivity contribution in [3.63, 3.8) is 0 Å². The van der Waals surface area contributed by atoms with Gasteiger partial charge in [0.15, 0.2) is 5.03 Å². The van der Waals surface area contributed by atoms with Crippen molar-refractivity contribution in [2.45, 2.75) is 43.7 Å². The van der Waals surface area contributed by atoms with E-state index in [2.05, 4.69) is 15.0 Å². The zero-order valence-corrected chi connectivity index (χ0v) is 17.0. The Morgan fingerprint density at radius 3 is 2.64 bits per heavy atom. The molecule has 0 atom stereocenters. The molecule has 0 unspecified atom stereocenters. The SMILES string of the molecule is CCC(=O)Cc1nccc(S(=O)(=O)N2CCC(Oc3ccc(Cl)cn3)CC2)n1. The van der Waals surface area contributed by atoms with E-state index < -0.39 is 10.0 Å². The maximum absolute atomic E-state index is 12.9. The summed E-state index contributed by atoms with van der Waals surface area (Å²) in [6.07, 6.45) is 4.22. The monoisotopic (exact) mass is 424 g/mol. The summed E-state index contributed by atoms with van der Waals surface area (Å²) < 4.78 is 32.9. The molecule has 2 aromatic rings. The summed E-state index contributed by atoms with van der Waals surface area (Å²) in [6, 6.07) is 4.74. The number of ether oxygens (including phenoxy) is 1. The fourth-order valence-electron chi connectivity index (χ4n) is 2.84. The average molecular weight is 425 g/mol. The van der Waals surface area contributed by atoms with Crippen LogP contribution in [0, 0.1) is 0 Å². The molecular weight excluding hydrogens is 404 g/mol. The molecule has 0 saturated carbocycles. The number of pyridine rings is 1. The summed E-state index contributed by atoms with van der Waals surface area (Å²) in [4.78, 5) is 23.8. The Morgan fingerprint density at radius 1 is 1.25 bits per heavy atom. The number of carbonyl (C=O) groups excluding carboxylic acids is 1. The largest absolute Gasteiger partial charge is 0.474 e. The van der Waals surface area contributed by atoms with Gasteiger partial charge in [-0.15, -0.1) is 0 Å². The van der Waals surface area contributed by atoms with Gasteiger partial charge in [0, 0.05) is 38.0 Å². The molecule has 28 heavy (non-hydrogen) atoms. The fourth-order valence-corrected chi connectivity index (χ4v) is 4.36. The van der Waals surface area contributed by atoms with Gasteiger partial charge in [-0.1, -0.05) is 18.5 Å². The van der Waals surface area contributed by atoms with Gasteiger partial charge in [0.05, 0.1) is 11.4 Å². The third kappa shape index (κ3) is 5.03. The van der Waals surface area contributed by atoms with Gasteiger partial charge in [-0.25, -0.2) is 23.4 Å². The number of hydrogen-bond acceptors (Lipinski definition) is 7. The topological polar surface area (TPSA) is 102 Å². The standard InChI is InChI=1S/C18H21ClN4O4S/c1-2-14(24)11-16-20-8-5-18(22-16)28(25,26)23-9-6-15(7-10-23)27-17-4-3-13(19)12-21-17/h3-5,8,12,15H,2,6-7,9-11H2,1H3. The lowest BCUT2D eigenvalue weighted by Gasteiger charge is -2.30. The van der Waals surface area contributed by atoms with E-state index in [1.165, 1.54) is 22.8 Å². The molecular formula is C18H21ClN4O4S. The second kappa shape index (κ2) is 8.93. The van der Waals surface area contributed by atoms with Gasteiger partial charge in [0.25, 0.3) is 10.0 Å². The number of halogens is 1. The molecule has 0 aliphatic carbocycles. The second-order valence-corrected chi connectivity index (χ2v) is 8.74. The van der Waals surface area contributed by atoms with E-state index in [9.17, 15) is 13.2 Å². The highest BCUT2D eigenvalue weighted by Crippen LogP contribution is 2.22. The van der Waals surface area contributed by atoms with Gasteiger partial charge >= 0.3 is 0 Å². The maximum Gasteiger partial charge on any atom is 0.260 e. The fraction of sp³-hybridized carbons (Fsp3) is 0.444. The molecule has 8 nitrogen and oxygen atoms in total. The van der Waals surface area contributed by atoms with E-state index in [-0.39, 0.29) is 29.2 Å². The normalized spacial score (nSPS) is 16.1. The number of aromatic nitrogens is 3. The van der Waals surface area contributed by atoms with E-state index in [0.29, 0.717) is 43.3 Å². The van der Waals surface area contributed by atoms with Gasteiger partial charge in [0.1, 0.15) is 17.7 Å². The number of Topliss-reactive ketones (excluding diaryl/α,β-unsaturated/α-hetero) is 1. The summed E-state index contributed by atoms with van der Waals surface area (Å²) in [6.45, 7) is 2.37. The zero-order chi connectivity index (χ0) is 20.1. The Balaban J connectivity index is 1.63. The van der Waals surface area contributed by atoms with Gasteiger partial charge in [-0.05, 0) is 25.0 Å². The first-order chi connectivity index (χ1) is 13.4. The predicted molar refractivity (Wildman–Crippen MR) is 103 cm³/mol. The molecule has 2 aromatic heterocycles. The summed E-state index contributed by atoms with van der Waals surface area (Å²) in [5.74, 6) is 0.648. The van der Waals surface area contributed by atoms with Crippen LogP contribution in [0.4, 0.5) is 0 Å². The van der Waals surface area contributed by atoms with Gasteiger partial charge in [0.2, 0.25) is 5.88 Å². The molecule has 1 aliphatic heterocycles. The lowest BCUT2D eigenvalue weighted by atomic mass is 10.1. The number of carbonyl (C=O) groups is 1. The maximum atomic E-state index is 12.9. The minimum atomic E-state index is -3.75. The van der Waals surface area contributed by atoms with Crippen LogP contribution in [0.1, 0.15) is 32.0 Å². The van der Waals surface area contributed by atoms with Crippen molar-refractivity contribution in [1.82, 2.24) is 19.3 Å². The van der Waals surface area contributed by atoms with Gasteiger partial charge in [-0.3, -0.25) is 4.79 Å². The minimum Gasteiger partial charge on any atom is -0.474 e. The minimum absolute atomic E-state index is 0.0316. The van der Waals surface area contributed by atoms with E-state index in [1.54, 1.807) is 19.1 Å². The van der Waals surface area contributed by atoms with E-state index in [4.69, 9.17) is 16.3 Å². The van der Waals surface area contributed by atoms with Crippen LogP contribution in [-0.2, 0) is 21.2 Å². The number of rotatable bonds is 7. The Morgan fingerprint density at radius 2 is 2.00 bits per heavy atom. The molecule has 0 aromatic carbocycles. The lowest BCUT2D eigenvalue weighted by Crippen LogP contribution is -2.42. The molecule has 0 amide bonds. The molecule has 0 radical (unpaired) electrons. The van der Waals surface area contributed by atoms with Crippen molar-refractivity contribution in [1.29, 1.82) is 0 Å². The van der Waals surface area contributed by atoms with Crippen LogP contribution in [0.3, 0.4) is 0 Å². The van der Waals surface area contributed by atoms with Crippen molar-refractivity contribution in [2.75, 3.05) is 13.1 Å². The summed E-state index contributed by atoms with van der Waals surface area (Å²) >= 11 is 5.81. The molecule has 3 rings (SSSR count). The first kappa shape index (κ1) is 20.6. The van der Waals surface area contributed by atoms with E-state index in [1.807, 2.05) is 0 Å². The lowest BCUT2D eigenvalue weighted by molar-refractivity contribution is -0.118. The summed E-state index contributed by atoms with van der Waals surface area (Å²) in [5.41, 5.74) is 0. The van der Waals surface area contributed by atoms with Crippen molar-refractivity contribution in [3.05, 3.63) is 41.4 Å². The van der Waals surface area contributed by atoms with Gasteiger partial charge in [-0.2, -0.15) is 4.31 Å². The average Bonchev–Trinajstić information content (AvgIpc) is 2.70. The highest BCUT2D eigenvalue weighted by atomic mass is 35.5. The first-order valence-corrected chi connectivity index (χ1v) is 10.8. The molecule has 150 valence electrons. The van der Waals surface area contributed by atoms with Crippen LogP contribution < -0.4 is 4.74 Å². The number of hydrogen-bond donors (Lipinski definition) is 0. The smallest absolute Gasteiger partial charge is 0.260 e. The van der Waals surface area contributed by atoms with E-state index in [0.717, 1.165) is 0 Å². The molecule has 1 saturated heterocycles. The Bertz CT molecular complexity index is 929. The first-order valence-electron chi connectivity index (χ1n) is 9.00. The molecule has 1 aliphatic rings.